The van der Waals surface area contributed by atoms with Crippen molar-refractivity contribution in [3.05, 3.63) is 29.3 Å². The van der Waals surface area contributed by atoms with Crippen LogP contribution in [-0.4, -0.2) is 48.7 Å². The van der Waals surface area contributed by atoms with E-state index in [1.165, 1.54) is 13.1 Å². The Labute approximate surface area is 126 Å². The molecular weight excluding hydrogens is 290 g/mol. The normalized spacial score (nSPS) is 12.1. The Hall–Kier alpha value is -1.39. The molecule has 0 unspecified atom stereocenters. The maximum absolute atomic E-state index is 12.6. The predicted octanol–water partition coefficient (Wildman–Crippen LogP) is 0.730. The number of hydrogen-bond donors (Lipinski definition) is 2. The highest BCUT2D eigenvalue weighted by Gasteiger charge is 2.27. The molecule has 0 radical (unpaired) electrons. The topological polar surface area (TPSA) is 77.8 Å². The molecule has 0 aliphatic rings. The number of aliphatic hydroxyl groups is 2. The minimum Gasteiger partial charge on any atom is -0.389 e. The molecule has 0 aromatic heterocycles. The summed E-state index contributed by atoms with van der Waals surface area (Å²) in [5.41, 5.74) is 0.00125. The number of nitrogens with zero attached hydrogens (tertiary/aromatic N) is 1. The third kappa shape index (κ3) is 4.83. The summed E-state index contributed by atoms with van der Waals surface area (Å²) in [6, 6.07) is 4.85. The maximum Gasteiger partial charge on any atom is 0.243 e. The van der Waals surface area contributed by atoms with Gasteiger partial charge in [-0.15, -0.1) is 0 Å². The number of benzene rings is 1. The largest absolute Gasteiger partial charge is 0.389 e. The van der Waals surface area contributed by atoms with Gasteiger partial charge in [0, 0.05) is 19.2 Å². The molecule has 0 aliphatic carbocycles. The van der Waals surface area contributed by atoms with Crippen molar-refractivity contribution >= 4 is 10.0 Å². The zero-order valence-electron chi connectivity index (χ0n) is 12.7. The second-order valence-corrected chi connectivity index (χ2v) is 7.53. The van der Waals surface area contributed by atoms with E-state index in [9.17, 15) is 13.5 Å². The van der Waals surface area contributed by atoms with E-state index in [4.69, 9.17) is 5.11 Å². The van der Waals surface area contributed by atoms with E-state index >= 15 is 0 Å². The van der Waals surface area contributed by atoms with Gasteiger partial charge in [0.2, 0.25) is 10.0 Å². The standard InChI is InChI=1S/C15H21NO4S/c1-12-7-8-13(6-5-9-17)10-14(12)21(19,20)16(4)11-15(2,3)18/h7-8,10,17-18H,9,11H2,1-4H3. The molecule has 1 rings (SSSR count). The Morgan fingerprint density at radius 3 is 2.48 bits per heavy atom. The number of aryl methyl sites for hydroxylation is 1. The fourth-order valence-corrected chi connectivity index (χ4v) is 3.47. The van der Waals surface area contributed by atoms with E-state index in [-0.39, 0.29) is 18.0 Å². The third-order valence-electron chi connectivity index (χ3n) is 2.80. The average molecular weight is 311 g/mol. The van der Waals surface area contributed by atoms with Gasteiger partial charge >= 0.3 is 0 Å². The summed E-state index contributed by atoms with van der Waals surface area (Å²) in [5, 5.41) is 18.5. The highest BCUT2D eigenvalue weighted by atomic mass is 32.2. The van der Waals surface area contributed by atoms with Crippen LogP contribution in [0.15, 0.2) is 23.1 Å². The molecular formula is C15H21NO4S. The van der Waals surface area contributed by atoms with Crippen molar-refractivity contribution in [2.45, 2.75) is 31.3 Å². The molecule has 0 atom stereocenters. The molecule has 6 heteroatoms. The van der Waals surface area contributed by atoms with Gasteiger partial charge in [-0.05, 0) is 38.5 Å². The van der Waals surface area contributed by atoms with Crippen LogP contribution in [0.2, 0.25) is 0 Å². The van der Waals surface area contributed by atoms with Crippen LogP contribution in [0, 0.1) is 18.8 Å². The quantitative estimate of drug-likeness (QED) is 0.804. The first-order valence-electron chi connectivity index (χ1n) is 6.47. The molecule has 0 fully saturated rings. The number of hydrogen-bond acceptors (Lipinski definition) is 4. The van der Waals surface area contributed by atoms with Gasteiger partial charge in [0.25, 0.3) is 0 Å². The van der Waals surface area contributed by atoms with Crippen molar-refractivity contribution in [3.63, 3.8) is 0 Å². The SMILES string of the molecule is Cc1ccc(C#CCO)cc1S(=O)(=O)N(C)CC(C)(C)O. The Morgan fingerprint density at radius 1 is 1.33 bits per heavy atom. The van der Waals surface area contributed by atoms with Gasteiger partial charge in [0.1, 0.15) is 6.61 Å². The summed E-state index contributed by atoms with van der Waals surface area (Å²) in [5.74, 6) is 5.18. The van der Waals surface area contributed by atoms with Gasteiger partial charge in [-0.2, -0.15) is 4.31 Å². The summed E-state index contributed by atoms with van der Waals surface area (Å²) in [7, 11) is -2.28. The molecule has 0 saturated heterocycles. The van der Waals surface area contributed by atoms with Gasteiger partial charge < -0.3 is 10.2 Å². The van der Waals surface area contributed by atoms with Crippen LogP contribution in [0.25, 0.3) is 0 Å². The maximum atomic E-state index is 12.6. The molecule has 0 aliphatic heterocycles. The second-order valence-electron chi connectivity index (χ2n) is 5.51. The average Bonchev–Trinajstić information content (AvgIpc) is 2.35. The van der Waals surface area contributed by atoms with E-state index in [0.717, 1.165) is 4.31 Å². The van der Waals surface area contributed by atoms with Crippen molar-refractivity contribution in [1.29, 1.82) is 0 Å². The van der Waals surface area contributed by atoms with Crippen LogP contribution in [-0.2, 0) is 10.0 Å². The minimum atomic E-state index is -3.71. The third-order valence-corrected chi connectivity index (χ3v) is 4.74. The van der Waals surface area contributed by atoms with Crippen LogP contribution < -0.4 is 0 Å². The summed E-state index contributed by atoms with van der Waals surface area (Å²) in [4.78, 5) is 0.152. The lowest BCUT2D eigenvalue weighted by atomic mass is 10.1. The Kier molecular flexibility index (Phi) is 5.54. The summed E-state index contributed by atoms with van der Waals surface area (Å²) >= 11 is 0. The Morgan fingerprint density at radius 2 is 1.95 bits per heavy atom. The van der Waals surface area contributed by atoms with E-state index in [1.807, 2.05) is 0 Å². The zero-order chi connectivity index (χ0) is 16.3. The highest BCUT2D eigenvalue weighted by Crippen LogP contribution is 2.21. The van der Waals surface area contributed by atoms with Gasteiger partial charge in [-0.25, -0.2) is 8.42 Å². The van der Waals surface area contributed by atoms with E-state index in [0.29, 0.717) is 11.1 Å². The number of likely N-dealkylation sites (N-methyl/N-ethyl adjacent to an activating group) is 1. The molecule has 0 bridgehead atoms. The van der Waals surface area contributed by atoms with Crippen LogP contribution in [0.4, 0.5) is 0 Å². The van der Waals surface area contributed by atoms with Crippen LogP contribution in [0.5, 0.6) is 0 Å². The molecule has 0 saturated carbocycles. The molecule has 0 spiro atoms. The predicted molar refractivity (Wildman–Crippen MR) is 81.3 cm³/mol. The van der Waals surface area contributed by atoms with E-state index < -0.39 is 15.6 Å². The van der Waals surface area contributed by atoms with E-state index in [2.05, 4.69) is 11.8 Å². The van der Waals surface area contributed by atoms with E-state index in [1.54, 1.807) is 32.9 Å². The molecule has 0 amide bonds. The Bertz CT molecular complexity index is 663. The fourth-order valence-electron chi connectivity index (χ4n) is 1.90. The fraction of sp³-hybridized carbons (Fsp3) is 0.467. The number of rotatable bonds is 4. The lowest BCUT2D eigenvalue weighted by Crippen LogP contribution is -2.39. The first-order chi connectivity index (χ1) is 9.58. The first kappa shape index (κ1) is 17.7. The molecule has 116 valence electrons. The molecule has 0 heterocycles. The molecule has 21 heavy (non-hydrogen) atoms. The van der Waals surface area contributed by atoms with Crippen LogP contribution in [0.1, 0.15) is 25.0 Å². The lowest BCUT2D eigenvalue weighted by Gasteiger charge is -2.25. The van der Waals surface area contributed by atoms with Crippen molar-refractivity contribution in [1.82, 2.24) is 4.31 Å². The molecule has 1 aromatic carbocycles. The highest BCUT2D eigenvalue weighted by molar-refractivity contribution is 7.89. The van der Waals surface area contributed by atoms with Crippen molar-refractivity contribution in [2.75, 3.05) is 20.2 Å². The lowest BCUT2D eigenvalue weighted by molar-refractivity contribution is 0.0640. The van der Waals surface area contributed by atoms with Gasteiger partial charge in [0.05, 0.1) is 10.5 Å². The summed E-state index contributed by atoms with van der Waals surface area (Å²) in [6.07, 6.45) is 0. The number of sulfonamides is 1. The monoisotopic (exact) mass is 311 g/mol. The molecule has 1 aromatic rings. The van der Waals surface area contributed by atoms with Crippen molar-refractivity contribution < 1.29 is 18.6 Å². The molecule has 2 N–H and O–H groups in total. The van der Waals surface area contributed by atoms with Crippen molar-refractivity contribution in [3.8, 4) is 11.8 Å². The summed E-state index contributed by atoms with van der Waals surface area (Å²) < 4.78 is 26.3. The number of aliphatic hydroxyl groups excluding tert-OH is 1. The smallest absolute Gasteiger partial charge is 0.243 e. The first-order valence-corrected chi connectivity index (χ1v) is 7.91. The summed E-state index contributed by atoms with van der Waals surface area (Å²) in [6.45, 7) is 4.51. The Balaban J connectivity index is 3.24. The second kappa shape index (κ2) is 6.58. The van der Waals surface area contributed by atoms with Gasteiger partial charge in [0.15, 0.2) is 0 Å². The van der Waals surface area contributed by atoms with Crippen LogP contribution in [0.3, 0.4) is 0 Å². The van der Waals surface area contributed by atoms with Gasteiger partial charge in [-0.3, -0.25) is 0 Å². The molecule has 5 nitrogen and oxygen atoms in total. The van der Waals surface area contributed by atoms with Crippen molar-refractivity contribution in [2.24, 2.45) is 0 Å². The van der Waals surface area contributed by atoms with Crippen LogP contribution >= 0.6 is 0 Å². The van der Waals surface area contributed by atoms with Gasteiger partial charge in [-0.1, -0.05) is 17.9 Å². The zero-order valence-corrected chi connectivity index (χ0v) is 13.5. The minimum absolute atomic E-state index is 0.0126.